The number of nitrogens with one attached hydrogen (secondary N) is 1. The molecule has 1 aromatic heterocycles. The van der Waals surface area contributed by atoms with Gasteiger partial charge in [0.05, 0.1) is 12.8 Å². The first kappa shape index (κ1) is 13.3. The summed E-state index contributed by atoms with van der Waals surface area (Å²) in [4.78, 5) is 0. The highest BCUT2D eigenvalue weighted by atomic mass is 16.5. The molecule has 0 fully saturated rings. The van der Waals surface area contributed by atoms with Gasteiger partial charge >= 0.3 is 0 Å². The molecule has 1 N–H and O–H groups in total. The Morgan fingerprint density at radius 1 is 1.16 bits per heavy atom. The van der Waals surface area contributed by atoms with Crippen molar-refractivity contribution in [3.05, 3.63) is 47.7 Å². The van der Waals surface area contributed by atoms with E-state index in [1.807, 2.05) is 43.4 Å². The second-order valence-corrected chi connectivity index (χ2v) is 4.03. The van der Waals surface area contributed by atoms with Gasteiger partial charge in [-0.1, -0.05) is 12.1 Å². The number of methoxy groups -OCH3 is 1. The molecule has 5 nitrogen and oxygen atoms in total. The lowest BCUT2D eigenvalue weighted by Gasteiger charge is -2.06. The lowest BCUT2D eigenvalue weighted by molar-refractivity contribution is 0.289. The minimum Gasteiger partial charge on any atom is -0.497 e. The predicted octanol–water partition coefficient (Wildman–Crippen LogP) is 1.78. The zero-order valence-electron chi connectivity index (χ0n) is 11.1. The molecule has 1 aromatic carbocycles. The summed E-state index contributed by atoms with van der Waals surface area (Å²) in [5.74, 6) is 1.33. The Labute approximate surface area is 112 Å². The monoisotopic (exact) mass is 259 g/mol. The minimum atomic E-state index is 0.442. The largest absolute Gasteiger partial charge is 0.497 e. The smallest absolute Gasteiger partial charge is 0.233 e. The van der Waals surface area contributed by atoms with Crippen molar-refractivity contribution in [3.8, 4) is 11.6 Å². The van der Waals surface area contributed by atoms with Crippen molar-refractivity contribution in [3.63, 3.8) is 0 Å². The third kappa shape index (κ3) is 3.93. The van der Waals surface area contributed by atoms with Crippen LogP contribution in [-0.2, 0) is 13.2 Å². The zero-order chi connectivity index (χ0) is 13.5. The lowest BCUT2D eigenvalue weighted by Crippen LogP contribution is -2.08. The standard InChI is InChI=1S/C14H17N3O2/c1-15-9-12-6-7-14(17-16-12)19-10-11-4-3-5-13(8-11)18-2/h3-8,15H,9-10H2,1-2H3. The molecule has 0 unspecified atom stereocenters. The fraction of sp³-hybridized carbons (Fsp3) is 0.286. The van der Waals surface area contributed by atoms with Crippen LogP contribution < -0.4 is 14.8 Å². The molecule has 0 aliphatic rings. The zero-order valence-corrected chi connectivity index (χ0v) is 11.1. The molecule has 0 spiro atoms. The van der Waals surface area contributed by atoms with Gasteiger partial charge in [0, 0.05) is 12.6 Å². The highest BCUT2D eigenvalue weighted by Gasteiger charge is 2.00. The molecule has 0 radical (unpaired) electrons. The summed E-state index contributed by atoms with van der Waals surface area (Å²) >= 11 is 0. The van der Waals surface area contributed by atoms with E-state index in [1.54, 1.807) is 7.11 Å². The fourth-order valence-corrected chi connectivity index (χ4v) is 1.62. The van der Waals surface area contributed by atoms with E-state index in [2.05, 4.69) is 15.5 Å². The third-order valence-electron chi connectivity index (χ3n) is 2.57. The van der Waals surface area contributed by atoms with Gasteiger partial charge in [0.15, 0.2) is 0 Å². The normalized spacial score (nSPS) is 10.2. The summed E-state index contributed by atoms with van der Waals surface area (Å²) in [6.07, 6.45) is 0. The number of rotatable bonds is 6. The van der Waals surface area contributed by atoms with Crippen LogP contribution in [0, 0.1) is 0 Å². The van der Waals surface area contributed by atoms with Gasteiger partial charge in [0.1, 0.15) is 12.4 Å². The van der Waals surface area contributed by atoms with E-state index in [1.165, 1.54) is 0 Å². The van der Waals surface area contributed by atoms with Crippen molar-refractivity contribution >= 4 is 0 Å². The second-order valence-electron chi connectivity index (χ2n) is 4.03. The molecule has 0 amide bonds. The van der Waals surface area contributed by atoms with Crippen molar-refractivity contribution in [2.45, 2.75) is 13.2 Å². The Morgan fingerprint density at radius 3 is 2.74 bits per heavy atom. The maximum absolute atomic E-state index is 5.58. The molecule has 2 rings (SSSR count). The van der Waals surface area contributed by atoms with Gasteiger partial charge in [-0.05, 0) is 30.8 Å². The van der Waals surface area contributed by atoms with Gasteiger partial charge in [-0.15, -0.1) is 5.10 Å². The van der Waals surface area contributed by atoms with Crippen LogP contribution in [0.25, 0.3) is 0 Å². The number of hydrogen-bond acceptors (Lipinski definition) is 5. The van der Waals surface area contributed by atoms with E-state index in [-0.39, 0.29) is 0 Å². The molecular formula is C14H17N3O2. The number of ether oxygens (including phenoxy) is 2. The summed E-state index contributed by atoms with van der Waals surface area (Å²) in [6, 6.07) is 11.5. The highest BCUT2D eigenvalue weighted by molar-refractivity contribution is 5.28. The number of benzene rings is 1. The van der Waals surface area contributed by atoms with Crippen molar-refractivity contribution < 1.29 is 9.47 Å². The molecule has 0 aliphatic heterocycles. The summed E-state index contributed by atoms with van der Waals surface area (Å²) < 4.78 is 10.7. The highest BCUT2D eigenvalue weighted by Crippen LogP contribution is 2.14. The first-order valence-electron chi connectivity index (χ1n) is 6.05. The van der Waals surface area contributed by atoms with Gasteiger partial charge < -0.3 is 14.8 Å². The molecule has 5 heteroatoms. The quantitative estimate of drug-likeness (QED) is 0.857. The predicted molar refractivity (Wildman–Crippen MR) is 72.1 cm³/mol. The van der Waals surface area contributed by atoms with Crippen LogP contribution in [0.15, 0.2) is 36.4 Å². The van der Waals surface area contributed by atoms with Crippen LogP contribution in [0.4, 0.5) is 0 Å². The lowest BCUT2D eigenvalue weighted by atomic mass is 10.2. The van der Waals surface area contributed by atoms with Crippen molar-refractivity contribution in [2.75, 3.05) is 14.2 Å². The van der Waals surface area contributed by atoms with E-state index < -0.39 is 0 Å². The molecule has 0 aliphatic carbocycles. The molecule has 0 atom stereocenters. The second kappa shape index (κ2) is 6.70. The maximum Gasteiger partial charge on any atom is 0.233 e. The Balaban J connectivity index is 1.94. The Morgan fingerprint density at radius 2 is 2.05 bits per heavy atom. The Kier molecular flexibility index (Phi) is 4.69. The van der Waals surface area contributed by atoms with E-state index in [9.17, 15) is 0 Å². The first-order chi connectivity index (χ1) is 9.31. The summed E-state index contributed by atoms with van der Waals surface area (Å²) in [5, 5.41) is 11.1. The van der Waals surface area contributed by atoms with Gasteiger partial charge in [-0.2, -0.15) is 5.10 Å². The van der Waals surface area contributed by atoms with Crippen LogP contribution in [0.5, 0.6) is 11.6 Å². The van der Waals surface area contributed by atoms with E-state index in [0.29, 0.717) is 19.0 Å². The van der Waals surface area contributed by atoms with Gasteiger partial charge in [0.25, 0.3) is 0 Å². The molecule has 0 bridgehead atoms. The average molecular weight is 259 g/mol. The SMILES string of the molecule is CNCc1ccc(OCc2cccc(OC)c2)nn1. The molecule has 2 aromatic rings. The van der Waals surface area contributed by atoms with Gasteiger partial charge in [-0.25, -0.2) is 0 Å². The van der Waals surface area contributed by atoms with Crippen LogP contribution >= 0.6 is 0 Å². The van der Waals surface area contributed by atoms with Crippen molar-refractivity contribution in [1.82, 2.24) is 15.5 Å². The van der Waals surface area contributed by atoms with Crippen LogP contribution in [0.1, 0.15) is 11.3 Å². The van der Waals surface area contributed by atoms with Crippen molar-refractivity contribution in [2.24, 2.45) is 0 Å². The molecule has 0 saturated heterocycles. The molecule has 19 heavy (non-hydrogen) atoms. The first-order valence-corrected chi connectivity index (χ1v) is 6.05. The fourth-order valence-electron chi connectivity index (χ4n) is 1.62. The molecular weight excluding hydrogens is 242 g/mol. The molecule has 1 heterocycles. The van der Waals surface area contributed by atoms with Crippen LogP contribution in [-0.4, -0.2) is 24.4 Å². The average Bonchev–Trinajstić information content (AvgIpc) is 2.47. The van der Waals surface area contributed by atoms with E-state index >= 15 is 0 Å². The number of aromatic nitrogens is 2. The van der Waals surface area contributed by atoms with E-state index in [0.717, 1.165) is 17.0 Å². The van der Waals surface area contributed by atoms with Gasteiger partial charge in [-0.3, -0.25) is 0 Å². The topological polar surface area (TPSA) is 56.3 Å². The third-order valence-corrected chi connectivity index (χ3v) is 2.57. The molecule has 100 valence electrons. The molecule has 0 saturated carbocycles. The van der Waals surface area contributed by atoms with Crippen molar-refractivity contribution in [1.29, 1.82) is 0 Å². The number of nitrogens with zero attached hydrogens (tertiary/aromatic N) is 2. The Hall–Kier alpha value is -2.14. The van der Waals surface area contributed by atoms with Crippen LogP contribution in [0.3, 0.4) is 0 Å². The maximum atomic E-state index is 5.58. The van der Waals surface area contributed by atoms with Gasteiger partial charge in [0.2, 0.25) is 5.88 Å². The van der Waals surface area contributed by atoms with Crippen LogP contribution in [0.2, 0.25) is 0 Å². The summed E-state index contributed by atoms with van der Waals surface area (Å²) in [5.41, 5.74) is 1.91. The minimum absolute atomic E-state index is 0.442. The van der Waals surface area contributed by atoms with E-state index in [4.69, 9.17) is 9.47 Å². The Bertz CT molecular complexity index is 514. The summed E-state index contributed by atoms with van der Waals surface area (Å²) in [6.45, 7) is 1.14. The number of hydrogen-bond donors (Lipinski definition) is 1. The summed E-state index contributed by atoms with van der Waals surface area (Å²) in [7, 11) is 3.51.